The molecule has 0 N–H and O–H groups in total. The first-order chi connectivity index (χ1) is 25.8. The number of nitrogens with zero attached hydrogens (tertiary/aromatic N) is 3. The SMILES string of the molecule is C1=CCC(c2nc(-c3ccccc3)nc(-c3ccc(-c4c(-c5ccc6c7ccccc7c7ccccc7c6c5)ccc5ccccc45)cc3)n2)C=C1. The van der Waals surface area contributed by atoms with Crippen molar-refractivity contribution in [2.24, 2.45) is 0 Å². The van der Waals surface area contributed by atoms with Gasteiger partial charge in [0.15, 0.2) is 11.6 Å². The number of aromatic nitrogens is 3. The monoisotopic (exact) mass is 663 g/mol. The van der Waals surface area contributed by atoms with E-state index in [0.717, 1.165) is 28.9 Å². The number of benzene rings is 8. The Kier molecular flexibility index (Phi) is 7.28. The van der Waals surface area contributed by atoms with Crippen LogP contribution < -0.4 is 0 Å². The van der Waals surface area contributed by atoms with Crippen LogP contribution in [0.2, 0.25) is 0 Å². The molecule has 0 saturated heterocycles. The van der Waals surface area contributed by atoms with Gasteiger partial charge in [0.05, 0.1) is 0 Å². The highest BCUT2D eigenvalue weighted by Crippen LogP contribution is 2.42. The first-order valence-electron chi connectivity index (χ1n) is 17.9. The summed E-state index contributed by atoms with van der Waals surface area (Å²) in [6.45, 7) is 0. The minimum Gasteiger partial charge on any atom is -0.212 e. The zero-order chi connectivity index (χ0) is 34.4. The first-order valence-corrected chi connectivity index (χ1v) is 17.9. The van der Waals surface area contributed by atoms with Crippen LogP contribution in [0.4, 0.5) is 0 Å². The molecule has 1 aliphatic carbocycles. The van der Waals surface area contributed by atoms with Gasteiger partial charge in [-0.2, -0.15) is 0 Å². The van der Waals surface area contributed by atoms with Gasteiger partial charge in [-0.1, -0.05) is 176 Å². The molecule has 3 nitrogen and oxygen atoms in total. The van der Waals surface area contributed by atoms with E-state index in [-0.39, 0.29) is 5.92 Å². The molecule has 52 heavy (non-hydrogen) atoms. The van der Waals surface area contributed by atoms with Gasteiger partial charge in [-0.05, 0) is 77.8 Å². The fourth-order valence-electron chi connectivity index (χ4n) is 7.86. The lowest BCUT2D eigenvalue weighted by Gasteiger charge is -2.17. The Labute approximate surface area is 302 Å². The Balaban J connectivity index is 1.13. The average molecular weight is 664 g/mol. The third kappa shape index (κ3) is 5.18. The summed E-state index contributed by atoms with van der Waals surface area (Å²) in [6.07, 6.45) is 9.39. The van der Waals surface area contributed by atoms with E-state index >= 15 is 0 Å². The van der Waals surface area contributed by atoms with Crippen molar-refractivity contribution >= 4 is 43.1 Å². The quantitative estimate of drug-likeness (QED) is 0.172. The standard InChI is InChI=1S/C49H33N3/c1-3-14-34(15-4-1)47-50-48(35-16-5-2-6-17-35)52-49(51-47)36-25-23-33(24-26-36)46-38-18-8-7-13-32(38)27-29-39(46)37-28-30-44-42-21-10-9-19-40(42)41-20-11-12-22-43(41)45(44)31-37/h1-16,18-31,35H,17H2. The minimum atomic E-state index is 0.115. The second kappa shape index (κ2) is 12.6. The molecule has 1 atom stereocenters. The molecule has 0 aliphatic heterocycles. The maximum atomic E-state index is 5.04. The molecule has 0 saturated carbocycles. The van der Waals surface area contributed by atoms with Crippen molar-refractivity contribution in [1.29, 1.82) is 0 Å². The van der Waals surface area contributed by atoms with Crippen molar-refractivity contribution in [1.82, 2.24) is 15.0 Å². The molecular formula is C49H33N3. The van der Waals surface area contributed by atoms with E-state index in [9.17, 15) is 0 Å². The van der Waals surface area contributed by atoms with E-state index in [1.54, 1.807) is 0 Å². The van der Waals surface area contributed by atoms with Crippen LogP contribution in [0.25, 0.3) is 88.1 Å². The molecule has 1 unspecified atom stereocenters. The van der Waals surface area contributed by atoms with E-state index in [4.69, 9.17) is 15.0 Å². The van der Waals surface area contributed by atoms with Crippen LogP contribution in [0.15, 0.2) is 182 Å². The van der Waals surface area contributed by atoms with Gasteiger partial charge >= 0.3 is 0 Å². The van der Waals surface area contributed by atoms with Gasteiger partial charge in [0.2, 0.25) is 0 Å². The predicted octanol–water partition coefficient (Wildman–Crippen LogP) is 12.8. The van der Waals surface area contributed by atoms with E-state index in [0.29, 0.717) is 11.6 Å². The molecule has 0 radical (unpaired) electrons. The Morgan fingerprint density at radius 1 is 0.404 bits per heavy atom. The largest absolute Gasteiger partial charge is 0.212 e. The third-order valence-electron chi connectivity index (χ3n) is 10.4. The molecule has 0 amide bonds. The lowest BCUT2D eigenvalue weighted by Crippen LogP contribution is -2.07. The van der Waals surface area contributed by atoms with Gasteiger partial charge in [0.25, 0.3) is 0 Å². The topological polar surface area (TPSA) is 38.7 Å². The zero-order valence-electron chi connectivity index (χ0n) is 28.4. The lowest BCUT2D eigenvalue weighted by atomic mass is 9.87. The number of allylic oxidation sites excluding steroid dienone is 4. The molecule has 0 spiro atoms. The normalized spacial score (nSPS) is 14.1. The van der Waals surface area contributed by atoms with Crippen molar-refractivity contribution < 1.29 is 0 Å². The van der Waals surface area contributed by atoms with Crippen LogP contribution in [0.3, 0.4) is 0 Å². The van der Waals surface area contributed by atoms with Gasteiger partial charge < -0.3 is 0 Å². The Hall–Kier alpha value is -6.71. The Morgan fingerprint density at radius 2 is 0.962 bits per heavy atom. The van der Waals surface area contributed by atoms with Crippen LogP contribution in [0.5, 0.6) is 0 Å². The predicted molar refractivity (Wildman–Crippen MR) is 217 cm³/mol. The maximum absolute atomic E-state index is 5.04. The maximum Gasteiger partial charge on any atom is 0.163 e. The summed E-state index contributed by atoms with van der Waals surface area (Å²) in [5, 5.41) is 10.1. The van der Waals surface area contributed by atoms with Crippen molar-refractivity contribution in [2.75, 3.05) is 0 Å². The highest BCUT2D eigenvalue weighted by atomic mass is 15.0. The summed E-state index contributed by atoms with van der Waals surface area (Å²) in [5.74, 6) is 2.29. The molecule has 1 aliphatic rings. The molecule has 0 fully saturated rings. The molecule has 9 aromatic rings. The van der Waals surface area contributed by atoms with Gasteiger partial charge in [-0.25, -0.2) is 15.0 Å². The smallest absolute Gasteiger partial charge is 0.163 e. The van der Waals surface area contributed by atoms with Crippen LogP contribution >= 0.6 is 0 Å². The fourth-order valence-corrected chi connectivity index (χ4v) is 7.86. The fraction of sp³-hybridized carbons (Fsp3) is 0.0408. The molecule has 1 aromatic heterocycles. The van der Waals surface area contributed by atoms with Gasteiger partial charge in [-0.15, -0.1) is 0 Å². The summed E-state index contributed by atoms with van der Waals surface area (Å²) in [6, 6.07) is 56.7. The summed E-state index contributed by atoms with van der Waals surface area (Å²) < 4.78 is 0. The number of fused-ring (bicyclic) bond motifs is 7. The van der Waals surface area contributed by atoms with Crippen molar-refractivity contribution in [2.45, 2.75) is 12.3 Å². The van der Waals surface area contributed by atoms with E-state index < -0.39 is 0 Å². The molecular weight excluding hydrogens is 631 g/mol. The minimum absolute atomic E-state index is 0.115. The van der Waals surface area contributed by atoms with Crippen molar-refractivity contribution in [3.05, 3.63) is 188 Å². The van der Waals surface area contributed by atoms with Crippen molar-refractivity contribution in [3.8, 4) is 45.0 Å². The third-order valence-corrected chi connectivity index (χ3v) is 10.4. The molecule has 244 valence electrons. The van der Waals surface area contributed by atoms with Gasteiger partial charge in [0.1, 0.15) is 5.82 Å². The van der Waals surface area contributed by atoms with E-state index in [1.165, 1.54) is 59.8 Å². The molecule has 3 heteroatoms. The second-order valence-corrected chi connectivity index (χ2v) is 13.5. The average Bonchev–Trinajstić information content (AvgIpc) is 3.24. The summed E-state index contributed by atoms with van der Waals surface area (Å²) >= 11 is 0. The van der Waals surface area contributed by atoms with Crippen molar-refractivity contribution in [3.63, 3.8) is 0 Å². The van der Waals surface area contributed by atoms with Crippen LogP contribution in [0, 0.1) is 0 Å². The van der Waals surface area contributed by atoms with Crippen LogP contribution in [-0.2, 0) is 0 Å². The Morgan fingerprint density at radius 3 is 1.63 bits per heavy atom. The summed E-state index contributed by atoms with van der Waals surface area (Å²) in [7, 11) is 0. The highest BCUT2D eigenvalue weighted by molar-refractivity contribution is 6.26. The van der Waals surface area contributed by atoms with E-state index in [1.807, 2.05) is 18.2 Å². The number of hydrogen-bond acceptors (Lipinski definition) is 3. The molecule has 10 rings (SSSR count). The lowest BCUT2D eigenvalue weighted by molar-refractivity contribution is 0.764. The highest BCUT2D eigenvalue weighted by Gasteiger charge is 2.19. The number of hydrogen-bond donors (Lipinski definition) is 0. The summed E-state index contributed by atoms with van der Waals surface area (Å²) in [4.78, 5) is 15.0. The second-order valence-electron chi connectivity index (χ2n) is 13.5. The van der Waals surface area contributed by atoms with Gasteiger partial charge in [0, 0.05) is 17.0 Å². The molecule has 8 aromatic carbocycles. The number of rotatable bonds is 5. The van der Waals surface area contributed by atoms with E-state index in [2.05, 4.69) is 164 Å². The van der Waals surface area contributed by atoms with Crippen LogP contribution in [0.1, 0.15) is 18.2 Å². The van der Waals surface area contributed by atoms with Gasteiger partial charge in [-0.3, -0.25) is 0 Å². The Bertz CT molecular complexity index is 2830. The summed E-state index contributed by atoms with van der Waals surface area (Å²) in [5.41, 5.74) is 6.71. The molecule has 0 bridgehead atoms. The zero-order valence-corrected chi connectivity index (χ0v) is 28.4. The van der Waals surface area contributed by atoms with Crippen LogP contribution in [-0.4, -0.2) is 15.0 Å². The first kappa shape index (κ1) is 30.1. The molecule has 1 heterocycles.